The highest BCUT2D eigenvalue weighted by atomic mass is 15.0. The van der Waals surface area contributed by atoms with Crippen molar-refractivity contribution in [2.45, 2.75) is 0 Å². The second kappa shape index (κ2) is 10.8. The molecule has 0 amide bonds. The van der Waals surface area contributed by atoms with Crippen LogP contribution in [0.3, 0.4) is 0 Å². The van der Waals surface area contributed by atoms with E-state index >= 15 is 0 Å². The monoisotopic (exact) mass is 670 g/mol. The second-order valence-electron chi connectivity index (χ2n) is 11.9. The SMILES string of the molecule is [2H]c1c([2H])c([2H])c(-c2cccc(-n3c4ccc(-n5c6c([2H])c([2H])c([2H])c([2H])c6c6c([2H])c([2H])c([2H])c([2H])c65)cc4c4cc(-n5c6c([2H])c([2H])c([2H])c([2H])c6c6c([2H])c([2H])c([2H])c([2H])c65)ccc43)c2)c([2H])c1[2H]. The van der Waals surface area contributed by atoms with Crippen molar-refractivity contribution in [3.8, 4) is 28.2 Å². The summed E-state index contributed by atoms with van der Waals surface area (Å²) in [6.07, 6.45) is 0. The fraction of sp³-hybridized carbons (Fsp3) is 0. The van der Waals surface area contributed by atoms with E-state index in [9.17, 15) is 0 Å². The van der Waals surface area contributed by atoms with Crippen molar-refractivity contribution in [3.63, 3.8) is 0 Å². The van der Waals surface area contributed by atoms with Gasteiger partial charge in [0.1, 0.15) is 0 Å². The van der Waals surface area contributed by atoms with Crippen LogP contribution in [0.2, 0.25) is 0 Å². The Balaban J connectivity index is 1.30. The summed E-state index contributed by atoms with van der Waals surface area (Å²) in [4.78, 5) is 0. The van der Waals surface area contributed by atoms with Crippen LogP contribution in [0.15, 0.2) is 188 Å². The van der Waals surface area contributed by atoms with E-state index in [-0.39, 0.29) is 66.1 Å². The van der Waals surface area contributed by atoms with Crippen molar-refractivity contribution in [2.75, 3.05) is 0 Å². The molecule has 0 N–H and O–H groups in total. The maximum absolute atomic E-state index is 9.12. The number of hydrogen-bond donors (Lipinski definition) is 0. The second-order valence-corrected chi connectivity index (χ2v) is 11.9. The molecule has 8 aromatic carbocycles. The Morgan fingerprint density at radius 1 is 0.294 bits per heavy atom. The molecule has 0 aliphatic carbocycles. The van der Waals surface area contributed by atoms with Gasteiger partial charge in [-0.1, -0.05) is 115 Å². The summed E-state index contributed by atoms with van der Waals surface area (Å²) in [5.74, 6) is 0. The highest BCUT2D eigenvalue weighted by molar-refractivity contribution is 6.14. The van der Waals surface area contributed by atoms with E-state index in [1.54, 1.807) is 65.2 Å². The first-order valence-corrected chi connectivity index (χ1v) is 15.8. The van der Waals surface area contributed by atoms with Crippen LogP contribution in [0.4, 0.5) is 0 Å². The third kappa shape index (κ3) is 4.12. The zero-order valence-corrected chi connectivity index (χ0v) is 26.1. The molecular weight excluding hydrogens is 619 g/mol. The van der Waals surface area contributed by atoms with Gasteiger partial charge in [0.05, 0.1) is 61.9 Å². The van der Waals surface area contributed by atoms with E-state index in [1.807, 2.05) is 0 Å². The van der Waals surface area contributed by atoms with Crippen LogP contribution < -0.4 is 0 Å². The molecule has 3 nitrogen and oxygen atoms in total. The quantitative estimate of drug-likeness (QED) is 0.177. The van der Waals surface area contributed by atoms with E-state index in [4.69, 9.17) is 28.8 Å². The maximum atomic E-state index is 9.12. The highest BCUT2D eigenvalue weighted by Crippen LogP contribution is 2.39. The summed E-state index contributed by atoms with van der Waals surface area (Å²) in [6, 6.07) is 4.81. The van der Waals surface area contributed by atoms with Crippen molar-refractivity contribution in [1.82, 2.24) is 13.7 Å². The fourth-order valence-electron chi connectivity index (χ4n) is 7.11. The minimum atomic E-state index is -0.616. The maximum Gasteiger partial charge on any atom is 0.0645 e. The van der Waals surface area contributed by atoms with Gasteiger partial charge in [0.2, 0.25) is 0 Å². The predicted octanol–water partition coefficient (Wildman–Crippen LogP) is 12.6. The Hall–Kier alpha value is -6.84. The Kier molecular flexibility index (Phi) is 3.09. The number of rotatable bonds is 4. The van der Waals surface area contributed by atoms with Gasteiger partial charge in [-0.3, -0.25) is 0 Å². The van der Waals surface area contributed by atoms with Crippen LogP contribution in [0, 0.1) is 0 Å². The lowest BCUT2D eigenvalue weighted by atomic mass is 10.1. The Labute approximate surface area is 324 Å². The molecule has 51 heavy (non-hydrogen) atoms. The Morgan fingerprint density at radius 2 is 0.686 bits per heavy atom. The first-order valence-electron chi connectivity index (χ1n) is 26.3. The smallest absolute Gasteiger partial charge is 0.0645 e. The standard InChI is InChI=1S/C48H31N3/c1-2-13-32(14-3-1)33-15-12-16-34(29-33)49-47-27-25-35(50-43-21-8-4-17-37(43)38-18-5-9-22-44(38)50)30-41(47)42-31-36(26-28-48(42)49)51-45-23-10-6-19-39(45)40-20-7-11-24-46(40)51/h1-31H/i1D,2D,3D,4D,5D,6D,7D,8D,9D,10D,11D,13D,14D,17D,18D,19D,20D,21D,22D,23D,24D. The van der Waals surface area contributed by atoms with Crippen molar-refractivity contribution < 1.29 is 28.8 Å². The van der Waals surface area contributed by atoms with E-state index in [0.29, 0.717) is 27.5 Å². The lowest BCUT2D eigenvalue weighted by molar-refractivity contribution is 1.16. The highest BCUT2D eigenvalue weighted by Gasteiger charge is 2.19. The van der Waals surface area contributed by atoms with Crippen LogP contribution in [0.5, 0.6) is 0 Å². The average molecular weight is 671 g/mol. The van der Waals surface area contributed by atoms with Crippen LogP contribution in [-0.4, -0.2) is 13.7 Å². The molecule has 0 aliphatic heterocycles. The third-order valence-electron chi connectivity index (χ3n) is 9.21. The molecule has 0 saturated heterocycles. The van der Waals surface area contributed by atoms with E-state index in [0.717, 1.165) is 0 Å². The van der Waals surface area contributed by atoms with Gasteiger partial charge in [-0.05, 0) is 83.8 Å². The number of hydrogen-bond acceptors (Lipinski definition) is 0. The van der Waals surface area contributed by atoms with E-state index in [1.165, 1.54) is 9.13 Å². The largest absolute Gasteiger partial charge is 0.309 e. The first kappa shape index (κ1) is 14.6. The summed E-state index contributed by atoms with van der Waals surface area (Å²) in [7, 11) is 0. The molecule has 0 unspecified atom stereocenters. The molecule has 0 atom stereocenters. The molecule has 0 bridgehead atoms. The van der Waals surface area contributed by atoms with Crippen molar-refractivity contribution in [1.29, 1.82) is 0 Å². The van der Waals surface area contributed by atoms with Gasteiger partial charge in [0, 0.05) is 49.4 Å². The summed E-state index contributed by atoms with van der Waals surface area (Å²) >= 11 is 0. The fourth-order valence-corrected chi connectivity index (χ4v) is 7.11. The van der Waals surface area contributed by atoms with Gasteiger partial charge in [0.15, 0.2) is 0 Å². The summed E-state index contributed by atoms with van der Waals surface area (Å²) < 4.78 is 188. The molecule has 3 heteroatoms. The molecule has 0 fully saturated rings. The van der Waals surface area contributed by atoms with Crippen LogP contribution in [0.1, 0.15) is 28.8 Å². The molecular formula is C48H31N3. The number of benzene rings is 8. The lowest BCUT2D eigenvalue weighted by Crippen LogP contribution is -1.96. The lowest BCUT2D eigenvalue weighted by Gasteiger charge is -2.12. The Morgan fingerprint density at radius 3 is 1.16 bits per heavy atom. The Bertz CT molecular complexity index is 3960. The third-order valence-corrected chi connectivity index (χ3v) is 9.21. The molecule has 11 rings (SSSR count). The molecule has 0 saturated carbocycles. The van der Waals surface area contributed by atoms with Gasteiger partial charge in [-0.2, -0.15) is 0 Å². The van der Waals surface area contributed by atoms with Crippen molar-refractivity contribution >= 4 is 65.4 Å². The molecule has 0 spiro atoms. The van der Waals surface area contributed by atoms with Crippen molar-refractivity contribution in [3.05, 3.63) is 188 Å². The van der Waals surface area contributed by atoms with Gasteiger partial charge in [-0.25, -0.2) is 0 Å². The predicted molar refractivity (Wildman–Crippen MR) is 215 cm³/mol. The average Bonchev–Trinajstić information content (AvgIpc) is 4.04. The number of nitrogens with zero attached hydrogens (tertiary/aromatic N) is 3. The summed E-state index contributed by atoms with van der Waals surface area (Å²) in [5, 5.41) is 0.239. The first-order chi connectivity index (χ1) is 34.0. The topological polar surface area (TPSA) is 14.8 Å². The zero-order valence-electron chi connectivity index (χ0n) is 47.1. The van der Waals surface area contributed by atoms with Crippen LogP contribution >= 0.6 is 0 Å². The van der Waals surface area contributed by atoms with E-state index < -0.39 is 127 Å². The van der Waals surface area contributed by atoms with E-state index in [2.05, 4.69) is 0 Å². The van der Waals surface area contributed by atoms with Gasteiger partial charge < -0.3 is 13.7 Å². The number of fused-ring (bicyclic) bond motifs is 9. The molecule has 11 aromatic rings. The van der Waals surface area contributed by atoms with Crippen LogP contribution in [-0.2, 0) is 0 Å². The molecule has 238 valence electrons. The number of para-hydroxylation sites is 4. The normalized spacial score (nSPS) is 17.7. The summed E-state index contributed by atoms with van der Waals surface area (Å²) in [5.41, 5.74) is 1.41. The molecule has 3 aromatic heterocycles. The van der Waals surface area contributed by atoms with Gasteiger partial charge in [-0.15, -0.1) is 0 Å². The zero-order chi connectivity index (χ0) is 51.7. The molecule has 0 aliphatic rings. The van der Waals surface area contributed by atoms with Gasteiger partial charge >= 0.3 is 0 Å². The minimum absolute atomic E-state index is 0.0610. The molecule has 0 radical (unpaired) electrons. The van der Waals surface area contributed by atoms with Crippen LogP contribution in [0.25, 0.3) is 93.6 Å². The number of aromatic nitrogens is 3. The minimum Gasteiger partial charge on any atom is -0.309 e. The van der Waals surface area contributed by atoms with Gasteiger partial charge in [0.25, 0.3) is 0 Å². The molecule has 3 heterocycles. The van der Waals surface area contributed by atoms with Crippen molar-refractivity contribution in [2.24, 2.45) is 0 Å². The summed E-state index contributed by atoms with van der Waals surface area (Å²) in [6.45, 7) is 0.